The maximum Gasteiger partial charge on any atom is 0.351 e. The van der Waals surface area contributed by atoms with E-state index in [0.717, 1.165) is 75.7 Å². The van der Waals surface area contributed by atoms with Crippen LogP contribution < -0.4 is 10.5 Å². The van der Waals surface area contributed by atoms with Crippen LogP contribution in [-0.2, 0) is 33.3 Å². The molecule has 0 spiro atoms. The van der Waals surface area contributed by atoms with Gasteiger partial charge < -0.3 is 38.5 Å². The summed E-state index contributed by atoms with van der Waals surface area (Å²) < 4.78 is 27.2. The molecule has 1 aromatic heterocycles. The molecular formula is C52H73NO12. The summed E-state index contributed by atoms with van der Waals surface area (Å²) in [5.74, 6) is -1.38. The number of aliphatic hydroxyl groups excluding tert-OH is 1. The highest BCUT2D eigenvalue weighted by Crippen LogP contribution is 2.77. The van der Waals surface area contributed by atoms with Crippen LogP contribution in [0.15, 0.2) is 45.6 Å². The highest BCUT2D eigenvalue weighted by atomic mass is 16.6. The Morgan fingerprint density at radius 3 is 2.17 bits per heavy atom. The first-order valence-corrected chi connectivity index (χ1v) is 24.3. The Hall–Kier alpha value is -4.23. The third-order valence-electron chi connectivity index (χ3n) is 18.4. The lowest BCUT2D eigenvalue weighted by Gasteiger charge is -2.72. The van der Waals surface area contributed by atoms with Crippen molar-refractivity contribution in [2.75, 3.05) is 51.0 Å². The van der Waals surface area contributed by atoms with Crippen molar-refractivity contribution in [2.45, 2.75) is 132 Å². The van der Waals surface area contributed by atoms with E-state index >= 15 is 0 Å². The molecule has 13 heteroatoms. The molecule has 13 nitrogen and oxygen atoms in total. The Morgan fingerprint density at radius 1 is 0.800 bits per heavy atom. The van der Waals surface area contributed by atoms with Crippen molar-refractivity contribution >= 4 is 40.5 Å². The minimum atomic E-state index is -0.827. The predicted octanol–water partition coefficient (Wildman–Crippen LogP) is 8.76. The minimum Gasteiger partial charge on any atom is -0.481 e. The maximum absolute atomic E-state index is 13.1. The number of aliphatic hydroxyl groups is 1. The Bertz CT molecular complexity index is 2200. The van der Waals surface area contributed by atoms with Crippen LogP contribution in [0.25, 0.3) is 11.0 Å². The lowest BCUT2D eigenvalue weighted by Crippen LogP contribution is -2.67. The number of aliphatic carboxylic acids is 1. The van der Waals surface area contributed by atoms with Crippen LogP contribution in [0.2, 0.25) is 0 Å². The summed E-state index contributed by atoms with van der Waals surface area (Å²) in [6.45, 7) is 21.5. The van der Waals surface area contributed by atoms with E-state index in [1.807, 2.05) is 19.9 Å². The summed E-state index contributed by atoms with van der Waals surface area (Å²) in [5.41, 5.74) is -0.0198. The molecule has 11 atom stereocenters. The summed E-state index contributed by atoms with van der Waals surface area (Å²) in [7, 11) is 0. The highest BCUT2D eigenvalue weighted by Gasteiger charge is 2.72. The molecule has 0 bridgehead atoms. The van der Waals surface area contributed by atoms with Gasteiger partial charge in [0.1, 0.15) is 24.4 Å². The fourth-order valence-corrected chi connectivity index (χ4v) is 14.7. The van der Waals surface area contributed by atoms with Crippen LogP contribution in [0, 0.1) is 56.7 Å². The standard InChI is InChI=1S/C52H73NO12/c1-9-53(10-2)34-12-11-33-29-36(46(58)65-38(33)30-34)45(57)63-28-26-61-25-27-62-42(55)15-16-43(56)64-31-49(6)39-18-21-51(8)40(48(39,5)20-19-41(49)54)14-13-37-44-35(32(3)4)17-22-52(44,47(59)60)24-23-50(37,51)7/h11-12,29-30,35,37,39-41,44,54H,3,9-10,13-28,31H2,1-2,4-8H3,(H,59,60)/t35-,37+,39+,40+,41-,44+,48-,49-,50+,51+,52-/m0/s1. The summed E-state index contributed by atoms with van der Waals surface area (Å²) in [6, 6.07) is 6.94. The van der Waals surface area contributed by atoms with E-state index in [9.17, 15) is 34.2 Å². The number of nitrogens with zero attached hydrogens (tertiary/aromatic N) is 1. The average molecular weight is 904 g/mol. The summed E-state index contributed by atoms with van der Waals surface area (Å²) in [5, 5.41) is 22.9. The smallest absolute Gasteiger partial charge is 0.351 e. The zero-order valence-electron chi connectivity index (χ0n) is 39.8. The van der Waals surface area contributed by atoms with Crippen LogP contribution in [-0.4, -0.2) is 86.3 Å². The largest absolute Gasteiger partial charge is 0.481 e. The third kappa shape index (κ3) is 8.55. The number of anilines is 1. The lowest BCUT2D eigenvalue weighted by atomic mass is 9.32. The monoisotopic (exact) mass is 904 g/mol. The quantitative estimate of drug-likeness (QED) is 0.0507. The normalized spacial score (nSPS) is 34.9. The molecule has 0 saturated heterocycles. The van der Waals surface area contributed by atoms with Crippen LogP contribution in [0.4, 0.5) is 5.69 Å². The summed E-state index contributed by atoms with van der Waals surface area (Å²) in [6.07, 6.45) is 7.72. The van der Waals surface area contributed by atoms with Crippen molar-refractivity contribution in [3.05, 3.63) is 52.4 Å². The molecule has 0 radical (unpaired) electrons. The molecule has 0 aliphatic heterocycles. The SMILES string of the molecule is C=C(C)[C@@H]1CC[C@]2(C(=O)O)CC[C@]3(C)[C@H](CC[C@@H]4[C@@]5(C)CC[C@H](O)[C@@](C)(COC(=O)CCC(=O)OCCOCCOC(=O)c6cc7ccc(N(CC)CC)cc7oc6=O)[C@@H]5CC[C@]43C)[C@@H]12. The zero-order valence-corrected chi connectivity index (χ0v) is 39.8. The molecular weight excluding hydrogens is 831 g/mol. The number of benzene rings is 1. The number of hydrogen-bond donors (Lipinski definition) is 2. The van der Waals surface area contributed by atoms with Crippen molar-refractivity contribution in [3.8, 4) is 0 Å². The van der Waals surface area contributed by atoms with Gasteiger partial charge in [-0.15, -0.1) is 0 Å². The number of ether oxygens (including phenoxy) is 4. The highest BCUT2D eigenvalue weighted by molar-refractivity contribution is 5.93. The van der Waals surface area contributed by atoms with E-state index in [1.165, 1.54) is 6.07 Å². The first-order chi connectivity index (χ1) is 30.8. The van der Waals surface area contributed by atoms with Gasteiger partial charge in [0.25, 0.3) is 0 Å². The van der Waals surface area contributed by atoms with Gasteiger partial charge in [0.2, 0.25) is 0 Å². The molecule has 2 N–H and O–H groups in total. The van der Waals surface area contributed by atoms with Crippen molar-refractivity contribution < 1.29 is 52.8 Å². The van der Waals surface area contributed by atoms with Gasteiger partial charge in [-0.3, -0.25) is 14.4 Å². The van der Waals surface area contributed by atoms with E-state index in [1.54, 1.807) is 12.1 Å². The van der Waals surface area contributed by atoms with Crippen LogP contribution in [0.1, 0.15) is 136 Å². The van der Waals surface area contributed by atoms with E-state index < -0.39 is 46.4 Å². The molecule has 0 amide bonds. The van der Waals surface area contributed by atoms with E-state index in [-0.39, 0.29) is 85.4 Å². The van der Waals surface area contributed by atoms with E-state index in [4.69, 9.17) is 23.4 Å². The number of carboxylic acid groups (broad SMARTS) is 1. The predicted molar refractivity (Wildman–Crippen MR) is 245 cm³/mol. The summed E-state index contributed by atoms with van der Waals surface area (Å²) in [4.78, 5) is 66.0. The Labute approximate surface area is 384 Å². The summed E-state index contributed by atoms with van der Waals surface area (Å²) >= 11 is 0. The Morgan fingerprint density at radius 2 is 1.49 bits per heavy atom. The fourth-order valence-electron chi connectivity index (χ4n) is 14.7. The molecule has 7 rings (SSSR count). The second-order valence-corrected chi connectivity index (χ2v) is 21.2. The van der Waals surface area contributed by atoms with Crippen molar-refractivity contribution in [3.63, 3.8) is 0 Å². The number of rotatable bonds is 17. The van der Waals surface area contributed by atoms with Crippen molar-refractivity contribution in [1.29, 1.82) is 0 Å². The molecule has 5 aliphatic rings. The molecule has 5 fully saturated rings. The molecule has 2 aromatic rings. The molecule has 1 heterocycles. The Kier molecular flexibility index (Phi) is 14.1. The molecule has 358 valence electrons. The van der Waals surface area contributed by atoms with Gasteiger partial charge in [0.05, 0.1) is 44.2 Å². The van der Waals surface area contributed by atoms with E-state index in [2.05, 4.69) is 46.1 Å². The van der Waals surface area contributed by atoms with Crippen molar-refractivity contribution in [2.24, 2.45) is 56.7 Å². The molecule has 0 unspecified atom stereocenters. The first-order valence-electron chi connectivity index (χ1n) is 24.3. The molecule has 65 heavy (non-hydrogen) atoms. The van der Waals surface area contributed by atoms with Gasteiger partial charge >= 0.3 is 29.5 Å². The zero-order chi connectivity index (χ0) is 47.1. The number of carbonyl (C=O) groups is 4. The maximum atomic E-state index is 13.1. The van der Waals surface area contributed by atoms with Gasteiger partial charge in [-0.2, -0.15) is 0 Å². The number of fused-ring (bicyclic) bond motifs is 8. The minimum absolute atomic E-state index is 0.00103. The Balaban J connectivity index is 0.854. The number of esters is 3. The molecule has 5 saturated carbocycles. The average Bonchev–Trinajstić information content (AvgIpc) is 3.68. The van der Waals surface area contributed by atoms with Crippen LogP contribution >= 0.6 is 0 Å². The van der Waals surface area contributed by atoms with Gasteiger partial charge in [-0.25, -0.2) is 9.59 Å². The van der Waals surface area contributed by atoms with Gasteiger partial charge in [0.15, 0.2) is 0 Å². The molecule has 1 aromatic carbocycles. The van der Waals surface area contributed by atoms with E-state index in [0.29, 0.717) is 35.6 Å². The van der Waals surface area contributed by atoms with Crippen molar-refractivity contribution in [1.82, 2.24) is 0 Å². The van der Waals surface area contributed by atoms with Gasteiger partial charge in [-0.1, -0.05) is 39.8 Å². The van der Waals surface area contributed by atoms with Gasteiger partial charge in [-0.05, 0) is 149 Å². The second kappa shape index (κ2) is 18.8. The van der Waals surface area contributed by atoms with Crippen LogP contribution in [0.5, 0.6) is 0 Å². The first kappa shape index (κ1) is 48.7. The van der Waals surface area contributed by atoms with Crippen LogP contribution in [0.3, 0.4) is 0 Å². The fraction of sp³-hybridized carbons (Fsp3) is 0.712. The number of hydrogen-bond acceptors (Lipinski definition) is 12. The number of allylic oxidation sites excluding steroid dienone is 1. The molecule has 5 aliphatic carbocycles. The number of carbonyl (C=O) groups excluding carboxylic acids is 3. The topological polar surface area (TPSA) is 179 Å². The second-order valence-electron chi connectivity index (χ2n) is 21.2. The van der Waals surface area contributed by atoms with Gasteiger partial charge in [0, 0.05) is 35.6 Å². The number of carboxylic acids is 1. The lowest BCUT2D eigenvalue weighted by molar-refractivity contribution is -0.255. The third-order valence-corrected chi connectivity index (χ3v) is 18.4.